The van der Waals surface area contributed by atoms with Gasteiger partial charge in [-0.2, -0.15) is 0 Å². The summed E-state index contributed by atoms with van der Waals surface area (Å²) in [5, 5.41) is 11.8. The minimum absolute atomic E-state index is 0.0576. The third kappa shape index (κ3) is 3.71. The molecule has 0 radical (unpaired) electrons. The van der Waals surface area contributed by atoms with E-state index in [-0.39, 0.29) is 36.7 Å². The maximum atomic E-state index is 11.7. The minimum Gasteiger partial charge on any atom is -0.510 e. The molecule has 21 heavy (non-hydrogen) atoms. The van der Waals surface area contributed by atoms with Gasteiger partial charge in [-0.3, -0.25) is 14.4 Å². The fraction of sp³-hybridized carbons (Fsp3) is 0.357. The Morgan fingerprint density at radius 1 is 1.48 bits per heavy atom. The number of carbonyl (C=O) groups is 3. The number of ether oxygens (including phenoxy) is 2. The van der Waals surface area contributed by atoms with Crippen LogP contribution in [0, 0.1) is 0 Å². The van der Waals surface area contributed by atoms with E-state index in [0.29, 0.717) is 5.57 Å². The van der Waals surface area contributed by atoms with Gasteiger partial charge in [0.1, 0.15) is 18.1 Å². The molecule has 0 spiro atoms. The summed E-state index contributed by atoms with van der Waals surface area (Å²) in [5.41, 5.74) is 0.481. The minimum atomic E-state index is -0.554. The number of carbonyl (C=O) groups excluding carboxylic acids is 3. The number of aliphatic hydroxyl groups excluding tert-OH is 1. The molecular weight excluding hydrogens is 278 g/mol. The molecule has 1 heterocycles. The maximum Gasteiger partial charge on any atom is 0.303 e. The second kappa shape index (κ2) is 6.25. The highest BCUT2D eigenvalue weighted by atomic mass is 16.6. The van der Waals surface area contributed by atoms with Crippen LogP contribution in [0.4, 0.5) is 0 Å². The van der Waals surface area contributed by atoms with E-state index < -0.39 is 18.0 Å². The van der Waals surface area contributed by atoms with Crippen molar-refractivity contribution in [2.45, 2.75) is 25.9 Å². The Kier molecular flexibility index (Phi) is 4.42. The van der Waals surface area contributed by atoms with Gasteiger partial charge in [0, 0.05) is 31.4 Å². The van der Waals surface area contributed by atoms with Crippen molar-refractivity contribution < 1.29 is 29.0 Å². The molecule has 0 unspecified atom stereocenters. The van der Waals surface area contributed by atoms with Gasteiger partial charge in [-0.15, -0.1) is 0 Å². The van der Waals surface area contributed by atoms with Crippen LogP contribution in [-0.4, -0.2) is 35.5 Å². The fourth-order valence-corrected chi connectivity index (χ4v) is 1.97. The van der Waals surface area contributed by atoms with Gasteiger partial charge in [-0.25, -0.2) is 0 Å². The molecule has 1 aliphatic carbocycles. The third-order valence-corrected chi connectivity index (χ3v) is 2.98. The number of esters is 1. The van der Waals surface area contributed by atoms with Crippen molar-refractivity contribution in [2.24, 2.45) is 0 Å². The number of ketones is 1. The van der Waals surface area contributed by atoms with Gasteiger partial charge in [0.05, 0.1) is 6.26 Å². The van der Waals surface area contributed by atoms with E-state index in [2.05, 4.69) is 5.32 Å². The van der Waals surface area contributed by atoms with E-state index in [1.807, 2.05) is 0 Å². The first-order chi connectivity index (χ1) is 9.97. The standard InChI is InChI=1S/C14H15NO6/c1-8(16)21-12-7-20-6-9(12)2-5-13(19)15-14-10(17)3-4-11(14)18/h2,5-6,12,17H,3-4,7H2,1H3,(H,15,19)/b5-2+/t12-/m0/s1. The highest BCUT2D eigenvalue weighted by Crippen LogP contribution is 2.19. The van der Waals surface area contributed by atoms with E-state index in [4.69, 9.17) is 9.47 Å². The second-order valence-corrected chi connectivity index (χ2v) is 4.62. The topological polar surface area (TPSA) is 102 Å². The Bertz CT molecular complexity index is 572. The molecule has 0 saturated carbocycles. The van der Waals surface area contributed by atoms with E-state index in [1.165, 1.54) is 25.3 Å². The number of hydrogen-bond donors (Lipinski definition) is 2. The third-order valence-electron chi connectivity index (χ3n) is 2.98. The lowest BCUT2D eigenvalue weighted by molar-refractivity contribution is -0.145. The van der Waals surface area contributed by atoms with Gasteiger partial charge >= 0.3 is 5.97 Å². The normalized spacial score (nSPS) is 21.5. The van der Waals surface area contributed by atoms with Crippen LogP contribution in [0.25, 0.3) is 0 Å². The number of allylic oxidation sites excluding steroid dienone is 2. The van der Waals surface area contributed by atoms with Crippen LogP contribution in [-0.2, 0) is 23.9 Å². The highest BCUT2D eigenvalue weighted by molar-refractivity contribution is 6.03. The predicted octanol–water partition coefficient (Wildman–Crippen LogP) is 0.637. The van der Waals surface area contributed by atoms with Crippen LogP contribution in [0.2, 0.25) is 0 Å². The van der Waals surface area contributed by atoms with E-state index in [1.54, 1.807) is 0 Å². The average molecular weight is 293 g/mol. The average Bonchev–Trinajstić information content (AvgIpc) is 2.97. The number of hydrogen-bond acceptors (Lipinski definition) is 6. The van der Waals surface area contributed by atoms with Gasteiger partial charge in [0.15, 0.2) is 11.9 Å². The summed E-state index contributed by atoms with van der Waals surface area (Å²) in [6.07, 6.45) is 3.90. The first kappa shape index (κ1) is 14.8. The van der Waals surface area contributed by atoms with Crippen molar-refractivity contribution in [3.63, 3.8) is 0 Å². The molecule has 1 atom stereocenters. The van der Waals surface area contributed by atoms with Gasteiger partial charge in [-0.05, 0) is 6.08 Å². The molecule has 0 aromatic heterocycles. The van der Waals surface area contributed by atoms with Crippen LogP contribution < -0.4 is 5.32 Å². The molecule has 112 valence electrons. The van der Waals surface area contributed by atoms with Crippen molar-refractivity contribution in [3.8, 4) is 0 Å². The van der Waals surface area contributed by atoms with Gasteiger partial charge < -0.3 is 19.9 Å². The molecule has 1 amide bonds. The van der Waals surface area contributed by atoms with E-state index in [0.717, 1.165) is 0 Å². The SMILES string of the molecule is CC(=O)O[C@H]1COC=C1/C=C/C(=O)NC1=C(O)CCC1=O. The van der Waals surface area contributed by atoms with Crippen molar-refractivity contribution in [1.82, 2.24) is 5.32 Å². The summed E-state index contributed by atoms with van der Waals surface area (Å²) in [7, 11) is 0. The van der Waals surface area contributed by atoms with Gasteiger partial charge in [0.25, 0.3) is 0 Å². The Labute approximate surface area is 120 Å². The van der Waals surface area contributed by atoms with Crippen LogP contribution in [0.15, 0.2) is 35.4 Å². The molecule has 2 aliphatic rings. The molecule has 0 aromatic rings. The van der Waals surface area contributed by atoms with Crippen LogP contribution in [0.5, 0.6) is 0 Å². The van der Waals surface area contributed by atoms with E-state index >= 15 is 0 Å². The zero-order valence-corrected chi connectivity index (χ0v) is 11.4. The van der Waals surface area contributed by atoms with Crippen LogP contribution >= 0.6 is 0 Å². The van der Waals surface area contributed by atoms with Crippen molar-refractivity contribution in [3.05, 3.63) is 35.4 Å². The Balaban J connectivity index is 1.95. The number of rotatable bonds is 4. The van der Waals surface area contributed by atoms with Gasteiger partial charge in [-0.1, -0.05) is 0 Å². The summed E-state index contributed by atoms with van der Waals surface area (Å²) in [4.78, 5) is 34.0. The number of aliphatic hydroxyl groups is 1. The van der Waals surface area contributed by atoms with Crippen LogP contribution in [0.3, 0.4) is 0 Å². The summed E-state index contributed by atoms with van der Waals surface area (Å²) < 4.78 is 10.0. The molecule has 0 fully saturated rings. The first-order valence-electron chi connectivity index (χ1n) is 6.40. The van der Waals surface area contributed by atoms with Crippen molar-refractivity contribution in [2.75, 3.05) is 6.61 Å². The van der Waals surface area contributed by atoms with Crippen molar-refractivity contribution >= 4 is 17.7 Å². The number of nitrogens with one attached hydrogen (secondary N) is 1. The quantitative estimate of drug-likeness (QED) is 0.582. The van der Waals surface area contributed by atoms with E-state index in [9.17, 15) is 19.5 Å². The lowest BCUT2D eigenvalue weighted by Crippen LogP contribution is -2.25. The molecule has 7 heteroatoms. The molecule has 0 aromatic carbocycles. The fourth-order valence-electron chi connectivity index (χ4n) is 1.97. The Hall–Kier alpha value is -2.57. The largest absolute Gasteiger partial charge is 0.510 e. The summed E-state index contributed by atoms with van der Waals surface area (Å²) in [5.74, 6) is -1.40. The smallest absolute Gasteiger partial charge is 0.303 e. The molecule has 2 rings (SSSR count). The second-order valence-electron chi connectivity index (χ2n) is 4.62. The number of amides is 1. The molecular formula is C14H15NO6. The van der Waals surface area contributed by atoms with Crippen molar-refractivity contribution in [1.29, 1.82) is 0 Å². The maximum absolute atomic E-state index is 11.7. The predicted molar refractivity (Wildman–Crippen MR) is 70.8 cm³/mol. The number of Topliss-reactive ketones (excluding diaryl/α,β-unsaturated/α-hetero) is 1. The molecule has 0 bridgehead atoms. The highest BCUT2D eigenvalue weighted by Gasteiger charge is 2.24. The first-order valence-corrected chi connectivity index (χ1v) is 6.40. The lowest BCUT2D eigenvalue weighted by atomic mass is 10.2. The van der Waals surface area contributed by atoms with Gasteiger partial charge in [0.2, 0.25) is 5.91 Å². The Morgan fingerprint density at radius 3 is 2.86 bits per heavy atom. The zero-order chi connectivity index (χ0) is 15.4. The lowest BCUT2D eigenvalue weighted by Gasteiger charge is -2.09. The summed E-state index contributed by atoms with van der Waals surface area (Å²) in [6, 6.07) is 0. The van der Waals surface area contributed by atoms with Crippen LogP contribution in [0.1, 0.15) is 19.8 Å². The summed E-state index contributed by atoms with van der Waals surface area (Å²) >= 11 is 0. The molecule has 7 nitrogen and oxygen atoms in total. The molecule has 0 saturated heterocycles. The zero-order valence-electron chi connectivity index (χ0n) is 11.4. The monoisotopic (exact) mass is 293 g/mol. The molecule has 1 aliphatic heterocycles. The molecule has 2 N–H and O–H groups in total. The Morgan fingerprint density at radius 2 is 2.24 bits per heavy atom. The summed E-state index contributed by atoms with van der Waals surface area (Å²) in [6.45, 7) is 1.48.